The van der Waals surface area contributed by atoms with Crippen LogP contribution in [0.5, 0.6) is 5.75 Å². The first-order valence-corrected chi connectivity index (χ1v) is 11.2. The molecule has 3 rings (SSSR count). The third kappa shape index (κ3) is 3.66. The molecule has 0 unspecified atom stereocenters. The molecule has 0 saturated carbocycles. The molecule has 0 aliphatic carbocycles. The van der Waals surface area contributed by atoms with E-state index in [1.54, 1.807) is 0 Å². The largest absolute Gasteiger partial charge is 0.508 e. The molecule has 1 heterocycles. The lowest BCUT2D eigenvalue weighted by Crippen LogP contribution is -2.47. The molecule has 2 aromatic rings. The lowest BCUT2D eigenvalue weighted by molar-refractivity contribution is 0.184. The van der Waals surface area contributed by atoms with E-state index in [1.807, 2.05) is 0 Å². The van der Waals surface area contributed by atoms with Gasteiger partial charge in [0.15, 0.2) is 9.84 Å². The molecule has 10 heteroatoms. The molecule has 0 radical (unpaired) electrons. The standard InChI is InChI=1S/C16H16ClNO6S2/c17-11-4-6-14(7-5-11)26(23,24)18(12-2-1-3-13(19)8-12)15-9-25(21,22)10-16(15)20/h1-8,15-16,19-20H,9-10H2/t15-,16+/m0/s1. The maximum atomic E-state index is 13.2. The molecule has 0 aromatic heterocycles. The number of phenols is 1. The third-order valence-electron chi connectivity index (χ3n) is 4.05. The molecule has 0 bridgehead atoms. The predicted molar refractivity (Wildman–Crippen MR) is 97.7 cm³/mol. The first-order chi connectivity index (χ1) is 12.1. The molecule has 7 nitrogen and oxygen atoms in total. The Labute approximate surface area is 156 Å². The molecular formula is C16H16ClNO6S2. The van der Waals surface area contributed by atoms with E-state index < -0.39 is 43.5 Å². The summed E-state index contributed by atoms with van der Waals surface area (Å²) < 4.78 is 51.1. The molecule has 2 atom stereocenters. The Morgan fingerprint density at radius 1 is 1.08 bits per heavy atom. The molecule has 1 aliphatic rings. The van der Waals surface area contributed by atoms with Gasteiger partial charge in [-0.05, 0) is 36.4 Å². The maximum absolute atomic E-state index is 13.2. The molecule has 2 aromatic carbocycles. The van der Waals surface area contributed by atoms with Crippen molar-refractivity contribution in [1.82, 2.24) is 0 Å². The van der Waals surface area contributed by atoms with Gasteiger partial charge in [-0.3, -0.25) is 4.31 Å². The number of nitrogens with zero attached hydrogens (tertiary/aromatic N) is 1. The lowest BCUT2D eigenvalue weighted by Gasteiger charge is -2.31. The molecule has 140 valence electrons. The van der Waals surface area contributed by atoms with Crippen LogP contribution in [0.3, 0.4) is 0 Å². The molecule has 1 saturated heterocycles. The summed E-state index contributed by atoms with van der Waals surface area (Å²) >= 11 is 5.81. The predicted octanol–water partition coefficient (Wildman–Crippen LogP) is 1.40. The number of halogens is 1. The van der Waals surface area contributed by atoms with E-state index in [2.05, 4.69) is 0 Å². The minimum Gasteiger partial charge on any atom is -0.508 e. The van der Waals surface area contributed by atoms with Crippen molar-refractivity contribution in [2.45, 2.75) is 17.0 Å². The van der Waals surface area contributed by atoms with Crippen LogP contribution >= 0.6 is 11.6 Å². The Hall–Kier alpha value is -1.81. The van der Waals surface area contributed by atoms with Crippen molar-refractivity contribution in [2.75, 3.05) is 15.8 Å². The van der Waals surface area contributed by atoms with Crippen LogP contribution in [0.4, 0.5) is 5.69 Å². The summed E-state index contributed by atoms with van der Waals surface area (Å²) in [6.45, 7) is 0. The smallest absolute Gasteiger partial charge is 0.264 e. The van der Waals surface area contributed by atoms with Gasteiger partial charge in [-0.25, -0.2) is 16.8 Å². The van der Waals surface area contributed by atoms with Crippen molar-refractivity contribution < 1.29 is 27.0 Å². The molecule has 1 fully saturated rings. The summed E-state index contributed by atoms with van der Waals surface area (Å²) in [5, 5.41) is 20.3. The topological polar surface area (TPSA) is 112 Å². The van der Waals surface area contributed by atoms with Crippen molar-refractivity contribution >= 4 is 37.1 Å². The second-order valence-electron chi connectivity index (χ2n) is 5.99. The average Bonchev–Trinajstić information content (AvgIpc) is 2.80. The van der Waals surface area contributed by atoms with Gasteiger partial charge in [-0.1, -0.05) is 17.7 Å². The number of anilines is 1. The highest BCUT2D eigenvalue weighted by Gasteiger charge is 2.45. The van der Waals surface area contributed by atoms with E-state index in [0.717, 1.165) is 4.31 Å². The van der Waals surface area contributed by atoms with Gasteiger partial charge in [-0.2, -0.15) is 0 Å². The SMILES string of the molecule is O=S1(=O)C[C@@H](O)[C@@H](N(c2cccc(O)c2)S(=O)(=O)c2ccc(Cl)cc2)C1. The number of aromatic hydroxyl groups is 1. The van der Waals surface area contributed by atoms with E-state index in [0.29, 0.717) is 5.02 Å². The maximum Gasteiger partial charge on any atom is 0.264 e. The Morgan fingerprint density at radius 2 is 1.73 bits per heavy atom. The monoisotopic (exact) mass is 417 g/mol. The van der Waals surface area contributed by atoms with Crippen LogP contribution < -0.4 is 4.31 Å². The summed E-state index contributed by atoms with van der Waals surface area (Å²) in [5.74, 6) is -1.23. The van der Waals surface area contributed by atoms with Crippen molar-refractivity contribution in [3.8, 4) is 5.75 Å². The van der Waals surface area contributed by atoms with Gasteiger partial charge in [-0.15, -0.1) is 0 Å². The number of sulfone groups is 1. The van der Waals surface area contributed by atoms with Crippen LogP contribution in [0, 0.1) is 0 Å². The summed E-state index contributed by atoms with van der Waals surface area (Å²) in [6.07, 6.45) is -1.38. The molecule has 1 aliphatic heterocycles. The average molecular weight is 418 g/mol. The van der Waals surface area contributed by atoms with Crippen LogP contribution in [0.2, 0.25) is 5.02 Å². The van der Waals surface area contributed by atoms with Gasteiger partial charge in [0.2, 0.25) is 0 Å². The second kappa shape index (κ2) is 6.73. The molecular weight excluding hydrogens is 402 g/mol. The van der Waals surface area contributed by atoms with E-state index in [9.17, 15) is 27.0 Å². The third-order valence-corrected chi connectivity index (χ3v) is 7.87. The van der Waals surface area contributed by atoms with Crippen LogP contribution in [-0.2, 0) is 19.9 Å². The van der Waals surface area contributed by atoms with Crippen LogP contribution in [0.15, 0.2) is 53.4 Å². The van der Waals surface area contributed by atoms with Gasteiger partial charge in [0.05, 0.1) is 34.2 Å². The second-order valence-corrected chi connectivity index (χ2v) is 10.4. The molecule has 2 N–H and O–H groups in total. The van der Waals surface area contributed by atoms with Crippen molar-refractivity contribution in [1.29, 1.82) is 0 Å². The zero-order valence-corrected chi connectivity index (χ0v) is 15.7. The number of rotatable bonds is 4. The highest BCUT2D eigenvalue weighted by molar-refractivity contribution is 7.93. The quantitative estimate of drug-likeness (QED) is 0.777. The molecule has 0 spiro atoms. The lowest BCUT2D eigenvalue weighted by atomic mass is 10.2. The first kappa shape index (κ1) is 19.0. The number of aliphatic hydroxyl groups excluding tert-OH is 1. The summed E-state index contributed by atoms with van der Waals surface area (Å²) in [5.41, 5.74) is 0.0566. The normalized spacial score (nSPS) is 22.2. The van der Waals surface area contributed by atoms with E-state index >= 15 is 0 Å². The van der Waals surface area contributed by atoms with E-state index in [1.165, 1.54) is 48.5 Å². The first-order valence-electron chi connectivity index (χ1n) is 7.58. The number of hydrogen-bond donors (Lipinski definition) is 2. The van der Waals surface area contributed by atoms with Crippen molar-refractivity contribution in [2.24, 2.45) is 0 Å². The fourth-order valence-corrected chi connectivity index (χ4v) is 6.55. The molecule has 0 amide bonds. The summed E-state index contributed by atoms with van der Waals surface area (Å²) in [7, 11) is -7.81. The fourth-order valence-electron chi connectivity index (χ4n) is 2.89. The summed E-state index contributed by atoms with van der Waals surface area (Å²) in [6, 6.07) is 9.60. The van der Waals surface area contributed by atoms with Gasteiger partial charge >= 0.3 is 0 Å². The summed E-state index contributed by atoms with van der Waals surface area (Å²) in [4.78, 5) is -0.109. The Bertz CT molecular complexity index is 1020. The minimum absolute atomic E-state index is 0.0566. The Morgan fingerprint density at radius 3 is 2.27 bits per heavy atom. The van der Waals surface area contributed by atoms with Gasteiger partial charge in [0.1, 0.15) is 5.75 Å². The number of phenolic OH excluding ortho intramolecular Hbond substituents is 1. The van der Waals surface area contributed by atoms with E-state index in [-0.39, 0.29) is 16.3 Å². The number of hydrogen-bond acceptors (Lipinski definition) is 6. The van der Waals surface area contributed by atoms with Gasteiger partial charge < -0.3 is 10.2 Å². The zero-order chi connectivity index (χ0) is 19.1. The van der Waals surface area contributed by atoms with Gasteiger partial charge in [0, 0.05) is 11.1 Å². The Balaban J connectivity index is 2.16. The minimum atomic E-state index is -4.22. The number of benzene rings is 2. The highest BCUT2D eigenvalue weighted by atomic mass is 35.5. The fraction of sp³-hybridized carbons (Fsp3) is 0.250. The van der Waals surface area contributed by atoms with Crippen LogP contribution in [0.1, 0.15) is 0 Å². The van der Waals surface area contributed by atoms with Crippen molar-refractivity contribution in [3.05, 3.63) is 53.6 Å². The Kier molecular flexibility index (Phi) is 4.91. The number of aliphatic hydroxyl groups is 1. The van der Waals surface area contributed by atoms with E-state index in [4.69, 9.17) is 11.6 Å². The van der Waals surface area contributed by atoms with Crippen LogP contribution in [-0.4, -0.2) is 50.7 Å². The van der Waals surface area contributed by atoms with Gasteiger partial charge in [0.25, 0.3) is 10.0 Å². The zero-order valence-electron chi connectivity index (χ0n) is 13.4. The number of sulfonamides is 1. The van der Waals surface area contributed by atoms with Crippen molar-refractivity contribution in [3.63, 3.8) is 0 Å². The van der Waals surface area contributed by atoms with Crippen LogP contribution in [0.25, 0.3) is 0 Å². The molecule has 26 heavy (non-hydrogen) atoms. The highest BCUT2D eigenvalue weighted by Crippen LogP contribution is 2.33.